The Bertz CT molecular complexity index is 1090. The first-order valence-corrected chi connectivity index (χ1v) is 11.2. The molecule has 31 heavy (non-hydrogen) atoms. The minimum atomic E-state index is 0.549. The van der Waals surface area contributed by atoms with Crippen LogP contribution in [0.3, 0.4) is 0 Å². The Morgan fingerprint density at radius 2 is 1.55 bits per heavy atom. The molecule has 6 heteroatoms. The van der Waals surface area contributed by atoms with Gasteiger partial charge in [0.15, 0.2) is 5.82 Å². The van der Waals surface area contributed by atoms with Gasteiger partial charge in [-0.15, -0.1) is 10.2 Å². The van der Waals surface area contributed by atoms with Crippen LogP contribution in [-0.4, -0.2) is 27.9 Å². The molecule has 1 saturated heterocycles. The summed E-state index contributed by atoms with van der Waals surface area (Å²) in [7, 11) is 0. The largest absolute Gasteiger partial charge is 0.341 e. The Hall–Kier alpha value is -2.89. The quantitative estimate of drug-likeness (QED) is 0.618. The van der Waals surface area contributed by atoms with Crippen molar-refractivity contribution in [1.29, 1.82) is 0 Å². The Balaban J connectivity index is 1.40. The molecular weight excluding hydrogens is 406 g/mol. The summed E-state index contributed by atoms with van der Waals surface area (Å²) in [6.07, 6.45) is 2.19. The molecule has 0 atom stereocenters. The van der Waals surface area contributed by atoms with Crippen LogP contribution in [0, 0.1) is 0 Å². The van der Waals surface area contributed by atoms with Gasteiger partial charge in [0.2, 0.25) is 5.95 Å². The van der Waals surface area contributed by atoms with Crippen molar-refractivity contribution in [3.8, 4) is 5.69 Å². The van der Waals surface area contributed by atoms with E-state index in [-0.39, 0.29) is 0 Å². The van der Waals surface area contributed by atoms with Gasteiger partial charge in [-0.05, 0) is 48.1 Å². The number of nitrogens with zero attached hydrogens (tertiary/aromatic N) is 4. The van der Waals surface area contributed by atoms with Gasteiger partial charge < -0.3 is 10.2 Å². The van der Waals surface area contributed by atoms with E-state index in [0.717, 1.165) is 55.0 Å². The van der Waals surface area contributed by atoms with E-state index in [9.17, 15) is 0 Å². The van der Waals surface area contributed by atoms with Crippen molar-refractivity contribution in [3.05, 3.63) is 94.8 Å². The molecule has 2 aromatic carbocycles. The third-order valence-corrected chi connectivity index (χ3v) is 6.32. The second-order valence-corrected chi connectivity index (χ2v) is 8.51. The summed E-state index contributed by atoms with van der Waals surface area (Å²) in [5.74, 6) is 2.43. The van der Waals surface area contributed by atoms with Crippen LogP contribution < -0.4 is 10.2 Å². The van der Waals surface area contributed by atoms with Crippen LogP contribution in [0.1, 0.15) is 35.7 Å². The first-order chi connectivity index (χ1) is 15.3. The minimum absolute atomic E-state index is 0.549. The highest BCUT2D eigenvalue weighted by molar-refractivity contribution is 6.30. The van der Waals surface area contributed by atoms with E-state index >= 15 is 0 Å². The van der Waals surface area contributed by atoms with Crippen molar-refractivity contribution in [2.75, 3.05) is 18.0 Å². The van der Waals surface area contributed by atoms with E-state index in [1.165, 1.54) is 11.1 Å². The number of aromatic nitrogens is 3. The van der Waals surface area contributed by atoms with E-state index in [4.69, 9.17) is 11.6 Å². The molecule has 2 aliphatic heterocycles. The smallest absolute Gasteiger partial charge is 0.231 e. The van der Waals surface area contributed by atoms with Crippen LogP contribution in [0.5, 0.6) is 0 Å². The monoisotopic (exact) mass is 431 g/mol. The number of nitrogens with one attached hydrogen (secondary N) is 1. The molecular formula is C25H26ClN5. The fourth-order valence-electron chi connectivity index (χ4n) is 4.49. The molecule has 1 fully saturated rings. The molecule has 1 N–H and O–H groups in total. The lowest BCUT2D eigenvalue weighted by atomic mass is 9.90. The van der Waals surface area contributed by atoms with Crippen molar-refractivity contribution in [1.82, 2.24) is 20.1 Å². The first-order valence-electron chi connectivity index (χ1n) is 10.9. The molecule has 3 heterocycles. The SMILES string of the molecule is Clc1ccc2c(c1)CNCc1nnc(N3CCC(c4ccccccccc4)CC3)n1-2. The van der Waals surface area contributed by atoms with Crippen molar-refractivity contribution < 1.29 is 0 Å². The maximum atomic E-state index is 6.25. The Morgan fingerprint density at radius 1 is 0.839 bits per heavy atom. The molecule has 5 rings (SSSR count). The highest BCUT2D eigenvalue weighted by atomic mass is 35.5. The van der Waals surface area contributed by atoms with Gasteiger partial charge in [-0.3, -0.25) is 4.57 Å². The molecule has 0 spiro atoms. The van der Waals surface area contributed by atoms with Crippen molar-refractivity contribution >= 4 is 17.5 Å². The van der Waals surface area contributed by atoms with Gasteiger partial charge in [0.25, 0.3) is 0 Å². The maximum absolute atomic E-state index is 6.25. The normalized spacial score (nSPS) is 16.1. The van der Waals surface area contributed by atoms with Crippen LogP contribution in [0.2, 0.25) is 5.02 Å². The zero-order valence-corrected chi connectivity index (χ0v) is 18.2. The second kappa shape index (κ2) is 9.08. The number of piperidine rings is 1. The molecule has 0 saturated carbocycles. The van der Waals surface area contributed by atoms with Gasteiger partial charge in [-0.1, -0.05) is 66.2 Å². The summed E-state index contributed by atoms with van der Waals surface area (Å²) in [4.78, 5) is 2.37. The molecule has 0 amide bonds. The van der Waals surface area contributed by atoms with Gasteiger partial charge in [0.1, 0.15) is 0 Å². The Kier molecular flexibility index (Phi) is 5.87. The molecule has 3 aromatic rings. The summed E-state index contributed by atoms with van der Waals surface area (Å²) in [6, 6.07) is 25.1. The third kappa shape index (κ3) is 4.29. The number of fused-ring (bicyclic) bond motifs is 3. The predicted octanol–water partition coefficient (Wildman–Crippen LogP) is 5.03. The van der Waals surface area contributed by atoms with Gasteiger partial charge in [0.05, 0.1) is 12.2 Å². The van der Waals surface area contributed by atoms with E-state index in [0.29, 0.717) is 12.5 Å². The number of rotatable bonds is 2. The Morgan fingerprint density at radius 3 is 2.29 bits per heavy atom. The first kappa shape index (κ1) is 20.0. The van der Waals surface area contributed by atoms with E-state index in [2.05, 4.69) is 79.6 Å². The molecule has 158 valence electrons. The summed E-state index contributed by atoms with van der Waals surface area (Å²) >= 11 is 6.25. The summed E-state index contributed by atoms with van der Waals surface area (Å²) in [5.41, 5.74) is 3.68. The lowest BCUT2D eigenvalue weighted by molar-refractivity contribution is 0.497. The number of anilines is 1. The zero-order chi connectivity index (χ0) is 21.0. The van der Waals surface area contributed by atoms with Crippen LogP contribution in [-0.2, 0) is 13.1 Å². The number of hydrogen-bond donors (Lipinski definition) is 1. The van der Waals surface area contributed by atoms with Gasteiger partial charge >= 0.3 is 0 Å². The van der Waals surface area contributed by atoms with Crippen molar-refractivity contribution in [2.45, 2.75) is 31.8 Å². The molecule has 0 unspecified atom stereocenters. The average molecular weight is 432 g/mol. The molecule has 2 aliphatic rings. The molecule has 1 aromatic heterocycles. The minimum Gasteiger partial charge on any atom is -0.341 e. The van der Waals surface area contributed by atoms with Gasteiger partial charge in [-0.2, -0.15) is 0 Å². The van der Waals surface area contributed by atoms with E-state index in [1.54, 1.807) is 0 Å². The highest BCUT2D eigenvalue weighted by Gasteiger charge is 2.27. The fourth-order valence-corrected chi connectivity index (χ4v) is 4.69. The predicted molar refractivity (Wildman–Crippen MR) is 125 cm³/mol. The van der Waals surface area contributed by atoms with Crippen LogP contribution in [0.4, 0.5) is 5.95 Å². The average Bonchev–Trinajstić information content (AvgIpc) is 3.13. The van der Waals surface area contributed by atoms with Gasteiger partial charge in [0, 0.05) is 24.7 Å². The molecule has 5 nitrogen and oxygen atoms in total. The van der Waals surface area contributed by atoms with E-state index < -0.39 is 0 Å². The summed E-state index contributed by atoms with van der Waals surface area (Å²) in [6.45, 7) is 3.40. The van der Waals surface area contributed by atoms with Crippen molar-refractivity contribution in [3.63, 3.8) is 0 Å². The Labute approximate surface area is 188 Å². The zero-order valence-electron chi connectivity index (χ0n) is 17.4. The van der Waals surface area contributed by atoms with Crippen LogP contribution in [0.15, 0.2) is 72.8 Å². The second-order valence-electron chi connectivity index (χ2n) is 8.07. The molecule has 0 bridgehead atoms. The lowest BCUT2D eigenvalue weighted by Crippen LogP contribution is -2.34. The third-order valence-electron chi connectivity index (χ3n) is 6.09. The van der Waals surface area contributed by atoms with E-state index in [1.807, 2.05) is 18.2 Å². The van der Waals surface area contributed by atoms with Crippen molar-refractivity contribution in [2.24, 2.45) is 0 Å². The topological polar surface area (TPSA) is 46.0 Å². The number of benzene rings is 1. The summed E-state index contributed by atoms with van der Waals surface area (Å²) < 4.78 is 2.20. The highest BCUT2D eigenvalue weighted by Crippen LogP contribution is 2.32. The fraction of sp³-hybridized carbons (Fsp3) is 0.280. The molecule has 0 aliphatic carbocycles. The van der Waals surface area contributed by atoms with Crippen LogP contribution in [0.25, 0.3) is 5.69 Å². The lowest BCUT2D eigenvalue weighted by Gasteiger charge is -2.33. The summed E-state index contributed by atoms with van der Waals surface area (Å²) in [5, 5.41) is 13.3. The van der Waals surface area contributed by atoms with Gasteiger partial charge in [-0.25, -0.2) is 0 Å². The van der Waals surface area contributed by atoms with Crippen LogP contribution >= 0.6 is 11.6 Å². The standard InChI is InChI=1S/C25H26ClN5/c26-22-10-11-23-21(16-22)17-27-18-24-28-29-25(31(23)24)30-14-12-20(13-15-30)19-8-6-4-2-1-3-5-7-9-19/h1-11,16,20,27H,12-15,17-18H2. The number of halogens is 1. The maximum Gasteiger partial charge on any atom is 0.231 e. The number of hydrogen-bond acceptors (Lipinski definition) is 4. The molecule has 0 radical (unpaired) electrons.